The SMILES string of the molecule is CCN(C(C)CN(C)C)C(CN)c1cc(Br)ccc1OC. The van der Waals surface area contributed by atoms with E-state index in [0.29, 0.717) is 12.6 Å². The van der Waals surface area contributed by atoms with Gasteiger partial charge in [0.2, 0.25) is 0 Å². The van der Waals surface area contributed by atoms with E-state index in [1.54, 1.807) is 7.11 Å². The van der Waals surface area contributed by atoms with Crippen LogP contribution in [0, 0.1) is 0 Å². The molecule has 0 spiro atoms. The Morgan fingerprint density at radius 3 is 2.48 bits per heavy atom. The molecule has 0 aliphatic carbocycles. The minimum atomic E-state index is 0.150. The highest BCUT2D eigenvalue weighted by molar-refractivity contribution is 9.10. The summed E-state index contributed by atoms with van der Waals surface area (Å²) in [5.74, 6) is 0.893. The molecular formula is C16H28BrN3O. The van der Waals surface area contributed by atoms with Crippen molar-refractivity contribution >= 4 is 15.9 Å². The first-order valence-corrected chi connectivity index (χ1v) is 8.17. The van der Waals surface area contributed by atoms with E-state index in [1.165, 1.54) is 0 Å². The number of rotatable bonds is 8. The maximum atomic E-state index is 6.10. The number of nitrogens with two attached hydrogens (primary N) is 1. The molecule has 4 nitrogen and oxygen atoms in total. The Labute approximate surface area is 137 Å². The number of ether oxygens (including phenoxy) is 1. The van der Waals surface area contributed by atoms with E-state index in [9.17, 15) is 0 Å². The van der Waals surface area contributed by atoms with Crippen molar-refractivity contribution in [2.75, 3.05) is 40.8 Å². The Kier molecular flexibility index (Phi) is 7.66. The minimum absolute atomic E-state index is 0.150. The van der Waals surface area contributed by atoms with Crippen molar-refractivity contribution in [2.24, 2.45) is 5.73 Å². The Bertz CT molecular complexity index is 440. The Balaban J connectivity index is 3.12. The lowest BCUT2D eigenvalue weighted by atomic mass is 10.0. The third-order valence-corrected chi connectivity index (χ3v) is 4.23. The predicted octanol–water partition coefficient (Wildman–Crippen LogP) is 2.73. The van der Waals surface area contributed by atoms with Crippen LogP contribution in [-0.2, 0) is 0 Å². The van der Waals surface area contributed by atoms with Gasteiger partial charge in [0.05, 0.1) is 13.2 Å². The van der Waals surface area contributed by atoms with Gasteiger partial charge >= 0.3 is 0 Å². The second kappa shape index (κ2) is 8.73. The maximum absolute atomic E-state index is 6.10. The van der Waals surface area contributed by atoms with Crippen LogP contribution < -0.4 is 10.5 Å². The number of hydrogen-bond acceptors (Lipinski definition) is 4. The lowest BCUT2D eigenvalue weighted by molar-refractivity contribution is 0.129. The number of nitrogens with zero attached hydrogens (tertiary/aromatic N) is 2. The molecule has 2 unspecified atom stereocenters. The zero-order chi connectivity index (χ0) is 16.0. The van der Waals surface area contributed by atoms with E-state index in [4.69, 9.17) is 10.5 Å². The van der Waals surface area contributed by atoms with Crippen molar-refractivity contribution in [2.45, 2.75) is 25.9 Å². The number of halogens is 1. The van der Waals surface area contributed by atoms with Gasteiger partial charge < -0.3 is 15.4 Å². The average molecular weight is 358 g/mol. The first kappa shape index (κ1) is 18.4. The second-order valence-corrected chi connectivity index (χ2v) is 6.50. The van der Waals surface area contributed by atoms with Gasteiger partial charge in [-0.1, -0.05) is 22.9 Å². The summed E-state index contributed by atoms with van der Waals surface area (Å²) in [7, 11) is 5.91. The average Bonchev–Trinajstić information content (AvgIpc) is 2.43. The number of benzene rings is 1. The van der Waals surface area contributed by atoms with Crippen LogP contribution in [0.25, 0.3) is 0 Å². The van der Waals surface area contributed by atoms with Crippen molar-refractivity contribution < 1.29 is 4.74 Å². The van der Waals surface area contributed by atoms with E-state index in [1.807, 2.05) is 12.1 Å². The molecule has 0 saturated carbocycles. The van der Waals surface area contributed by atoms with Crippen LogP contribution in [0.4, 0.5) is 0 Å². The van der Waals surface area contributed by atoms with Crippen LogP contribution in [0.1, 0.15) is 25.5 Å². The van der Waals surface area contributed by atoms with Gasteiger partial charge in [-0.2, -0.15) is 0 Å². The highest BCUT2D eigenvalue weighted by Crippen LogP contribution is 2.32. The molecule has 0 bridgehead atoms. The highest BCUT2D eigenvalue weighted by Gasteiger charge is 2.25. The molecule has 1 rings (SSSR count). The molecule has 0 aromatic heterocycles. The van der Waals surface area contributed by atoms with E-state index < -0.39 is 0 Å². The molecule has 0 saturated heterocycles. The van der Waals surface area contributed by atoms with Gasteiger partial charge in [0.25, 0.3) is 0 Å². The summed E-state index contributed by atoms with van der Waals surface area (Å²) in [6, 6.07) is 6.67. The zero-order valence-electron chi connectivity index (χ0n) is 13.8. The molecule has 2 atom stereocenters. The number of hydrogen-bond donors (Lipinski definition) is 1. The maximum Gasteiger partial charge on any atom is 0.123 e. The van der Waals surface area contributed by atoms with Gasteiger partial charge in [0, 0.05) is 29.2 Å². The topological polar surface area (TPSA) is 41.7 Å². The van der Waals surface area contributed by atoms with Crippen molar-refractivity contribution in [1.29, 1.82) is 0 Å². The summed E-state index contributed by atoms with van der Waals surface area (Å²) in [4.78, 5) is 4.64. The molecule has 0 heterocycles. The van der Waals surface area contributed by atoms with Crippen molar-refractivity contribution in [3.05, 3.63) is 28.2 Å². The van der Waals surface area contributed by atoms with Gasteiger partial charge in [-0.15, -0.1) is 0 Å². The summed E-state index contributed by atoms with van der Waals surface area (Å²) in [5, 5.41) is 0. The molecule has 0 amide bonds. The molecule has 2 N–H and O–H groups in total. The van der Waals surface area contributed by atoms with Gasteiger partial charge in [-0.25, -0.2) is 0 Å². The Morgan fingerprint density at radius 2 is 2.00 bits per heavy atom. The summed E-state index contributed by atoms with van der Waals surface area (Å²) < 4.78 is 6.57. The lowest BCUT2D eigenvalue weighted by Crippen LogP contribution is -2.44. The standard InChI is InChI=1S/C16H28BrN3O/c1-6-20(12(2)11-19(3)4)15(10-18)14-9-13(17)7-8-16(14)21-5/h7-9,12,15H,6,10-11,18H2,1-5H3. The fourth-order valence-corrected chi connectivity index (χ4v) is 3.26. The minimum Gasteiger partial charge on any atom is -0.496 e. The lowest BCUT2D eigenvalue weighted by Gasteiger charge is -2.37. The van der Waals surface area contributed by atoms with Gasteiger partial charge in [0.15, 0.2) is 0 Å². The number of methoxy groups -OCH3 is 1. The van der Waals surface area contributed by atoms with Crippen LogP contribution in [0.5, 0.6) is 5.75 Å². The molecule has 0 fully saturated rings. The molecule has 0 aliphatic rings. The van der Waals surface area contributed by atoms with E-state index in [-0.39, 0.29) is 6.04 Å². The van der Waals surface area contributed by atoms with Crippen molar-refractivity contribution in [3.63, 3.8) is 0 Å². The quantitative estimate of drug-likeness (QED) is 0.776. The van der Waals surface area contributed by atoms with Crippen LogP contribution in [-0.4, -0.2) is 56.7 Å². The van der Waals surface area contributed by atoms with Crippen LogP contribution in [0.2, 0.25) is 0 Å². The fraction of sp³-hybridized carbons (Fsp3) is 0.625. The van der Waals surface area contributed by atoms with Crippen LogP contribution in [0.15, 0.2) is 22.7 Å². The third kappa shape index (κ3) is 4.95. The van der Waals surface area contributed by atoms with Gasteiger partial charge in [0.1, 0.15) is 5.75 Å². The summed E-state index contributed by atoms with van der Waals surface area (Å²) in [5.41, 5.74) is 7.24. The van der Waals surface area contributed by atoms with Crippen LogP contribution >= 0.6 is 15.9 Å². The predicted molar refractivity (Wildman–Crippen MR) is 92.9 cm³/mol. The number of likely N-dealkylation sites (N-methyl/N-ethyl adjacent to an activating group) is 2. The highest BCUT2D eigenvalue weighted by atomic mass is 79.9. The summed E-state index contributed by atoms with van der Waals surface area (Å²) >= 11 is 3.55. The molecule has 1 aromatic rings. The Hall–Kier alpha value is -0.620. The second-order valence-electron chi connectivity index (χ2n) is 5.58. The smallest absolute Gasteiger partial charge is 0.123 e. The fourth-order valence-electron chi connectivity index (χ4n) is 2.88. The molecule has 21 heavy (non-hydrogen) atoms. The van der Waals surface area contributed by atoms with Crippen LogP contribution in [0.3, 0.4) is 0 Å². The molecule has 120 valence electrons. The molecular weight excluding hydrogens is 330 g/mol. The first-order valence-electron chi connectivity index (χ1n) is 7.38. The van der Waals surface area contributed by atoms with Gasteiger partial charge in [-0.3, -0.25) is 4.90 Å². The molecule has 5 heteroatoms. The summed E-state index contributed by atoms with van der Waals surface area (Å²) in [6.45, 7) is 6.95. The van der Waals surface area contributed by atoms with E-state index in [2.05, 4.69) is 59.7 Å². The Morgan fingerprint density at radius 1 is 1.33 bits per heavy atom. The van der Waals surface area contributed by atoms with E-state index in [0.717, 1.165) is 28.9 Å². The van der Waals surface area contributed by atoms with Crippen molar-refractivity contribution in [3.8, 4) is 5.75 Å². The van der Waals surface area contributed by atoms with Gasteiger partial charge in [-0.05, 0) is 45.8 Å². The molecule has 0 aliphatic heterocycles. The molecule has 0 radical (unpaired) electrons. The van der Waals surface area contributed by atoms with Crippen molar-refractivity contribution in [1.82, 2.24) is 9.80 Å². The third-order valence-electron chi connectivity index (χ3n) is 3.74. The molecule has 1 aromatic carbocycles. The first-order chi connectivity index (χ1) is 9.94. The largest absolute Gasteiger partial charge is 0.496 e. The zero-order valence-corrected chi connectivity index (χ0v) is 15.4. The van der Waals surface area contributed by atoms with E-state index >= 15 is 0 Å². The normalized spacial score (nSPS) is 14.5. The summed E-state index contributed by atoms with van der Waals surface area (Å²) in [6.07, 6.45) is 0. The monoisotopic (exact) mass is 357 g/mol.